The number of halogens is 1. The van der Waals surface area contributed by atoms with E-state index in [1.54, 1.807) is 13.8 Å². The van der Waals surface area contributed by atoms with Crippen molar-refractivity contribution in [3.8, 4) is 0 Å². The number of carbonyl (C=O) groups is 4. The summed E-state index contributed by atoms with van der Waals surface area (Å²) in [4.78, 5) is 44.5. The van der Waals surface area contributed by atoms with Crippen LogP contribution in [-0.4, -0.2) is 57.3 Å². The Kier molecular flexibility index (Phi) is 9.81. The molecule has 6 N–H and O–H groups in total. The molecular weight excluding hydrogens is 338 g/mol. The minimum absolute atomic E-state index is 0. The van der Waals surface area contributed by atoms with Crippen LogP contribution in [0.3, 0.4) is 0 Å². The first-order valence-corrected chi connectivity index (χ1v) is 6.39. The zero-order valence-electron chi connectivity index (χ0n) is 12.0. The van der Waals surface area contributed by atoms with Crippen LogP contribution in [0.15, 0.2) is 0 Å². The largest absolute Gasteiger partial charge is 0.480 e. The average Bonchev–Trinajstić information content (AvgIpc) is 2.31. The number of hydrogen-bond donors (Lipinski definition) is 6. The predicted molar refractivity (Wildman–Crippen MR) is 83.1 cm³/mol. The van der Waals surface area contributed by atoms with E-state index >= 15 is 0 Å². The highest BCUT2D eigenvalue weighted by atomic mass is 35.5. The maximum absolute atomic E-state index is 11.9. The highest BCUT2D eigenvalue weighted by Gasteiger charge is 2.34. The van der Waals surface area contributed by atoms with Gasteiger partial charge < -0.3 is 26.6 Å². The van der Waals surface area contributed by atoms with E-state index in [0.29, 0.717) is 0 Å². The minimum atomic E-state index is -1.39. The van der Waals surface area contributed by atoms with Crippen LogP contribution in [0.5, 0.6) is 0 Å². The summed E-state index contributed by atoms with van der Waals surface area (Å²) in [7, 11) is 0. The van der Waals surface area contributed by atoms with Gasteiger partial charge in [-0.2, -0.15) is 12.6 Å². The summed E-state index contributed by atoms with van der Waals surface area (Å²) in [6, 6.07) is -2.54. The molecule has 128 valence electrons. The van der Waals surface area contributed by atoms with Crippen LogP contribution >= 0.6 is 25.0 Å². The second-order valence-corrected chi connectivity index (χ2v) is 6.07. The molecule has 9 nitrogen and oxygen atoms in total. The molecule has 2 amide bonds. The summed E-state index contributed by atoms with van der Waals surface area (Å²) >= 11 is 4.17. The number of carbonyl (C=O) groups excluding carboxylic acids is 2. The summed E-state index contributed by atoms with van der Waals surface area (Å²) in [5.74, 6) is -4.07. The van der Waals surface area contributed by atoms with Crippen molar-refractivity contribution >= 4 is 48.8 Å². The lowest BCUT2D eigenvalue weighted by Crippen LogP contribution is -2.57. The Morgan fingerprint density at radius 3 is 2.09 bits per heavy atom. The van der Waals surface area contributed by atoms with Crippen molar-refractivity contribution in [2.24, 2.45) is 5.73 Å². The zero-order valence-corrected chi connectivity index (χ0v) is 13.7. The summed E-state index contributed by atoms with van der Waals surface area (Å²) in [5.41, 5.74) is 5.22. The summed E-state index contributed by atoms with van der Waals surface area (Å²) in [5, 5.41) is 21.5. The molecule has 0 spiro atoms. The molecule has 0 aromatic heterocycles. The lowest BCUT2D eigenvalue weighted by Gasteiger charge is -2.29. The Morgan fingerprint density at radius 2 is 1.73 bits per heavy atom. The Morgan fingerprint density at radius 1 is 1.23 bits per heavy atom. The van der Waals surface area contributed by atoms with Crippen molar-refractivity contribution in [3.05, 3.63) is 0 Å². The highest BCUT2D eigenvalue weighted by molar-refractivity contribution is 7.81. The molecule has 11 heteroatoms. The third-order valence-corrected chi connectivity index (χ3v) is 2.67. The van der Waals surface area contributed by atoms with Crippen molar-refractivity contribution < 1.29 is 29.4 Å². The molecular formula is C11H20ClN3O6S. The normalized spacial score (nSPS) is 13.3. The van der Waals surface area contributed by atoms with E-state index in [2.05, 4.69) is 23.3 Å². The van der Waals surface area contributed by atoms with Crippen LogP contribution in [0.25, 0.3) is 0 Å². The monoisotopic (exact) mass is 357 g/mol. The molecule has 0 saturated heterocycles. The molecule has 0 aromatic carbocycles. The molecule has 2 atom stereocenters. The number of carboxylic acid groups (broad SMARTS) is 2. The van der Waals surface area contributed by atoms with Gasteiger partial charge in [0, 0.05) is 4.75 Å². The van der Waals surface area contributed by atoms with Gasteiger partial charge in [0.1, 0.15) is 18.6 Å². The molecule has 0 bridgehead atoms. The second-order valence-electron chi connectivity index (χ2n) is 4.91. The molecule has 0 fully saturated rings. The molecule has 0 unspecified atom stereocenters. The number of nitrogens with two attached hydrogens (primary N) is 1. The fraction of sp³-hybridized carbons (Fsp3) is 0.636. The Balaban J connectivity index is 0. The number of rotatable bonds is 8. The third kappa shape index (κ3) is 8.70. The third-order valence-electron chi connectivity index (χ3n) is 2.41. The van der Waals surface area contributed by atoms with Crippen molar-refractivity contribution in [2.75, 3.05) is 6.54 Å². The number of thiol groups is 1. The zero-order chi connectivity index (χ0) is 16.8. The number of hydrogen-bond acceptors (Lipinski definition) is 6. The second kappa shape index (κ2) is 9.49. The van der Waals surface area contributed by atoms with E-state index in [1.807, 2.05) is 0 Å². The van der Waals surface area contributed by atoms with Crippen molar-refractivity contribution in [1.82, 2.24) is 10.6 Å². The van der Waals surface area contributed by atoms with Crippen LogP contribution in [-0.2, 0) is 19.2 Å². The van der Waals surface area contributed by atoms with Crippen LogP contribution in [0.4, 0.5) is 0 Å². The van der Waals surface area contributed by atoms with Gasteiger partial charge in [0.15, 0.2) is 0 Å². The molecule has 0 radical (unpaired) electrons. The first kappa shape index (κ1) is 22.8. The highest BCUT2D eigenvalue weighted by Crippen LogP contribution is 2.18. The van der Waals surface area contributed by atoms with Gasteiger partial charge in [-0.1, -0.05) is 0 Å². The number of amides is 2. The van der Waals surface area contributed by atoms with E-state index in [0.717, 1.165) is 0 Å². The molecule has 0 aliphatic carbocycles. The molecule has 0 aromatic rings. The van der Waals surface area contributed by atoms with Crippen LogP contribution in [0, 0.1) is 0 Å². The van der Waals surface area contributed by atoms with Gasteiger partial charge in [0.25, 0.3) is 0 Å². The van der Waals surface area contributed by atoms with Gasteiger partial charge in [-0.25, -0.2) is 0 Å². The topological polar surface area (TPSA) is 159 Å². The minimum Gasteiger partial charge on any atom is -0.480 e. The molecule has 0 aliphatic rings. The van der Waals surface area contributed by atoms with Crippen LogP contribution in [0.1, 0.15) is 20.3 Å². The fourth-order valence-corrected chi connectivity index (χ4v) is 1.52. The van der Waals surface area contributed by atoms with Gasteiger partial charge in [-0.3, -0.25) is 19.2 Å². The molecule has 0 aliphatic heterocycles. The van der Waals surface area contributed by atoms with Gasteiger partial charge in [0.05, 0.1) is 6.42 Å². The summed E-state index contributed by atoms with van der Waals surface area (Å²) in [6.07, 6.45) is -0.512. The number of carboxylic acids is 2. The van der Waals surface area contributed by atoms with Crippen LogP contribution < -0.4 is 16.4 Å². The lowest BCUT2D eigenvalue weighted by atomic mass is 10.0. The maximum Gasteiger partial charge on any atom is 0.322 e. The molecule has 0 saturated carbocycles. The van der Waals surface area contributed by atoms with Crippen LogP contribution in [0.2, 0.25) is 0 Å². The van der Waals surface area contributed by atoms with E-state index < -0.39 is 53.5 Å². The molecule has 0 heterocycles. The van der Waals surface area contributed by atoms with E-state index in [-0.39, 0.29) is 12.4 Å². The first-order chi connectivity index (χ1) is 9.45. The van der Waals surface area contributed by atoms with E-state index in [9.17, 15) is 19.2 Å². The van der Waals surface area contributed by atoms with Gasteiger partial charge in [-0.15, -0.1) is 12.4 Å². The Bertz CT molecular complexity index is 440. The first-order valence-electron chi connectivity index (χ1n) is 5.94. The fourth-order valence-electron chi connectivity index (χ4n) is 1.33. The standard InChI is InChI=1S/C11H19N3O6S.ClH/c1-11(2,21)8(9(18)13-4-7(16)17)14-6(15)3-5(12)10(19)20;/h5,8,21H,3-4,12H2,1-2H3,(H,13,18)(H,14,15)(H,16,17)(H,19,20);1H/t5-,8-;/m0./s1. The summed E-state index contributed by atoms with van der Waals surface area (Å²) < 4.78 is -0.994. The van der Waals surface area contributed by atoms with Crippen molar-refractivity contribution in [2.45, 2.75) is 37.1 Å². The lowest BCUT2D eigenvalue weighted by molar-refractivity contribution is -0.141. The maximum atomic E-state index is 11.9. The van der Waals surface area contributed by atoms with Gasteiger partial charge >= 0.3 is 11.9 Å². The average molecular weight is 358 g/mol. The van der Waals surface area contributed by atoms with Crippen molar-refractivity contribution in [1.29, 1.82) is 0 Å². The Hall–Kier alpha value is -1.52. The predicted octanol–water partition coefficient (Wildman–Crippen LogP) is -1.40. The smallest absolute Gasteiger partial charge is 0.322 e. The van der Waals surface area contributed by atoms with Gasteiger partial charge in [-0.05, 0) is 13.8 Å². The van der Waals surface area contributed by atoms with E-state index in [4.69, 9.17) is 15.9 Å². The molecule has 22 heavy (non-hydrogen) atoms. The number of aliphatic carboxylic acids is 2. The van der Waals surface area contributed by atoms with E-state index in [1.165, 1.54) is 0 Å². The van der Waals surface area contributed by atoms with Gasteiger partial charge in [0.2, 0.25) is 11.8 Å². The number of nitrogens with one attached hydrogen (secondary N) is 2. The quantitative estimate of drug-likeness (QED) is 0.291. The molecule has 0 rings (SSSR count). The van der Waals surface area contributed by atoms with Crippen molar-refractivity contribution in [3.63, 3.8) is 0 Å². The summed E-state index contributed by atoms with van der Waals surface area (Å²) in [6.45, 7) is 2.47. The SMILES string of the molecule is CC(C)(S)[C@@H](NC(=O)C[C@H](N)C(=O)O)C(=O)NCC(=O)O.Cl. The Labute approximate surface area is 138 Å².